The molecular formula is C14H20N2S. The summed E-state index contributed by atoms with van der Waals surface area (Å²) < 4.78 is 0. The van der Waals surface area contributed by atoms with E-state index in [9.17, 15) is 0 Å². The fourth-order valence-corrected chi connectivity index (χ4v) is 2.52. The second kappa shape index (κ2) is 6.01. The van der Waals surface area contributed by atoms with Crippen molar-refractivity contribution in [3.05, 3.63) is 29.3 Å². The van der Waals surface area contributed by atoms with Gasteiger partial charge < -0.3 is 10.6 Å². The molecule has 0 atom stereocenters. The lowest BCUT2D eigenvalue weighted by Gasteiger charge is -2.20. The molecule has 17 heavy (non-hydrogen) atoms. The van der Waals surface area contributed by atoms with Crippen LogP contribution in [0.5, 0.6) is 0 Å². The number of anilines is 1. The second-order valence-electron chi connectivity index (χ2n) is 4.53. The number of rotatable bonds is 3. The first-order valence-electron chi connectivity index (χ1n) is 6.47. The van der Waals surface area contributed by atoms with Crippen LogP contribution in [0.25, 0.3) is 0 Å². The van der Waals surface area contributed by atoms with Crippen molar-refractivity contribution in [2.24, 2.45) is 0 Å². The van der Waals surface area contributed by atoms with Crippen LogP contribution in [0.15, 0.2) is 18.2 Å². The summed E-state index contributed by atoms with van der Waals surface area (Å²) in [5.41, 5.74) is 4.13. The highest BCUT2D eigenvalue weighted by Gasteiger charge is 2.13. The summed E-state index contributed by atoms with van der Waals surface area (Å²) in [6.45, 7) is 3.07. The summed E-state index contributed by atoms with van der Waals surface area (Å²) >= 11 is 5.28. The fourth-order valence-electron chi connectivity index (χ4n) is 2.30. The molecule has 0 spiro atoms. The monoisotopic (exact) mass is 248 g/mol. The molecule has 3 heteroatoms. The molecule has 0 saturated carbocycles. The van der Waals surface area contributed by atoms with Gasteiger partial charge in [0.1, 0.15) is 0 Å². The van der Waals surface area contributed by atoms with Crippen molar-refractivity contribution in [2.45, 2.75) is 39.0 Å². The van der Waals surface area contributed by atoms with Crippen molar-refractivity contribution in [3.63, 3.8) is 0 Å². The van der Waals surface area contributed by atoms with Crippen LogP contribution in [0.4, 0.5) is 5.69 Å². The maximum Gasteiger partial charge on any atom is 0.170 e. The number of aryl methyl sites for hydroxylation is 1. The van der Waals surface area contributed by atoms with Gasteiger partial charge in [-0.3, -0.25) is 0 Å². The molecule has 0 bridgehead atoms. The number of thiocarbonyl (C=S) groups is 1. The minimum atomic E-state index is 0.742. The van der Waals surface area contributed by atoms with E-state index in [1.165, 1.54) is 42.5 Å². The Bertz CT molecular complexity index is 401. The molecule has 1 aromatic carbocycles. The maximum absolute atomic E-state index is 5.28. The van der Waals surface area contributed by atoms with E-state index >= 15 is 0 Å². The number of fused-ring (bicyclic) bond motifs is 1. The Balaban J connectivity index is 2.08. The Morgan fingerprint density at radius 3 is 2.94 bits per heavy atom. The van der Waals surface area contributed by atoms with E-state index in [1.807, 2.05) is 0 Å². The quantitative estimate of drug-likeness (QED) is 0.803. The molecule has 1 aromatic rings. The zero-order chi connectivity index (χ0) is 12.1. The standard InChI is InChI=1S/C14H20N2S/c1-2-10-15-14(17)16-13-9-5-7-11-6-3-4-8-12(11)13/h5,7,9H,2-4,6,8,10H2,1H3,(H2,15,16,17). The van der Waals surface area contributed by atoms with Gasteiger partial charge in [0.05, 0.1) is 0 Å². The van der Waals surface area contributed by atoms with Crippen LogP contribution >= 0.6 is 12.2 Å². The van der Waals surface area contributed by atoms with Crippen molar-refractivity contribution in [1.29, 1.82) is 0 Å². The van der Waals surface area contributed by atoms with Gasteiger partial charge in [0, 0.05) is 12.2 Å². The van der Waals surface area contributed by atoms with Crippen LogP contribution in [0.3, 0.4) is 0 Å². The lowest BCUT2D eigenvalue weighted by atomic mass is 9.90. The third kappa shape index (κ3) is 3.19. The van der Waals surface area contributed by atoms with Gasteiger partial charge in [-0.25, -0.2) is 0 Å². The molecule has 92 valence electrons. The first-order chi connectivity index (χ1) is 8.31. The molecule has 0 aromatic heterocycles. The topological polar surface area (TPSA) is 24.1 Å². The lowest BCUT2D eigenvalue weighted by molar-refractivity contribution is 0.687. The molecule has 0 aliphatic heterocycles. The second-order valence-corrected chi connectivity index (χ2v) is 4.94. The Morgan fingerprint density at radius 2 is 2.12 bits per heavy atom. The van der Waals surface area contributed by atoms with E-state index in [4.69, 9.17) is 12.2 Å². The molecule has 2 nitrogen and oxygen atoms in total. The number of hydrogen-bond donors (Lipinski definition) is 2. The molecule has 0 radical (unpaired) electrons. The normalized spacial score (nSPS) is 13.9. The molecule has 0 saturated heterocycles. The lowest BCUT2D eigenvalue weighted by Crippen LogP contribution is -2.29. The number of benzene rings is 1. The van der Waals surface area contributed by atoms with Crippen LogP contribution in [-0.2, 0) is 12.8 Å². The summed E-state index contributed by atoms with van der Waals surface area (Å²) in [6, 6.07) is 6.49. The molecular weight excluding hydrogens is 228 g/mol. The van der Waals surface area contributed by atoms with Crippen molar-refractivity contribution in [3.8, 4) is 0 Å². The zero-order valence-electron chi connectivity index (χ0n) is 10.4. The zero-order valence-corrected chi connectivity index (χ0v) is 11.2. The Hall–Kier alpha value is -1.09. The predicted octanol–water partition coefficient (Wildman–Crippen LogP) is 3.26. The molecule has 0 heterocycles. The molecule has 2 N–H and O–H groups in total. The van der Waals surface area contributed by atoms with E-state index in [0.29, 0.717) is 0 Å². The highest BCUT2D eigenvalue weighted by molar-refractivity contribution is 7.80. The Kier molecular flexibility index (Phi) is 4.37. The van der Waals surface area contributed by atoms with Gasteiger partial charge in [-0.15, -0.1) is 0 Å². The fraction of sp³-hybridized carbons (Fsp3) is 0.500. The van der Waals surface area contributed by atoms with Crippen LogP contribution in [0.1, 0.15) is 37.3 Å². The summed E-state index contributed by atoms with van der Waals surface area (Å²) in [5.74, 6) is 0. The van der Waals surface area contributed by atoms with Crippen molar-refractivity contribution in [1.82, 2.24) is 5.32 Å². The minimum Gasteiger partial charge on any atom is -0.362 e. The smallest absolute Gasteiger partial charge is 0.170 e. The largest absolute Gasteiger partial charge is 0.362 e. The highest BCUT2D eigenvalue weighted by Crippen LogP contribution is 2.27. The van der Waals surface area contributed by atoms with E-state index in [-0.39, 0.29) is 0 Å². The van der Waals surface area contributed by atoms with Crippen LogP contribution < -0.4 is 10.6 Å². The maximum atomic E-state index is 5.28. The van der Waals surface area contributed by atoms with Crippen LogP contribution in [0, 0.1) is 0 Å². The Morgan fingerprint density at radius 1 is 1.29 bits per heavy atom. The summed E-state index contributed by atoms with van der Waals surface area (Å²) in [5, 5.41) is 7.27. The Labute approximate surface area is 109 Å². The molecule has 0 amide bonds. The van der Waals surface area contributed by atoms with E-state index in [1.54, 1.807) is 0 Å². The third-order valence-electron chi connectivity index (χ3n) is 3.18. The first-order valence-corrected chi connectivity index (χ1v) is 6.87. The molecule has 1 aliphatic rings. The minimum absolute atomic E-state index is 0.742. The summed E-state index contributed by atoms with van der Waals surface area (Å²) in [4.78, 5) is 0. The van der Waals surface area contributed by atoms with Gasteiger partial charge in [0.2, 0.25) is 0 Å². The van der Waals surface area contributed by atoms with E-state index in [0.717, 1.165) is 18.1 Å². The van der Waals surface area contributed by atoms with Crippen LogP contribution in [-0.4, -0.2) is 11.7 Å². The summed E-state index contributed by atoms with van der Waals surface area (Å²) in [7, 11) is 0. The third-order valence-corrected chi connectivity index (χ3v) is 3.43. The molecule has 0 fully saturated rings. The van der Waals surface area contributed by atoms with E-state index < -0.39 is 0 Å². The van der Waals surface area contributed by atoms with Crippen molar-refractivity contribution < 1.29 is 0 Å². The van der Waals surface area contributed by atoms with Crippen molar-refractivity contribution in [2.75, 3.05) is 11.9 Å². The SMILES string of the molecule is CCCNC(=S)Nc1cccc2c1CCCC2. The first kappa shape index (κ1) is 12.4. The van der Waals surface area contributed by atoms with Crippen LogP contribution in [0.2, 0.25) is 0 Å². The molecule has 1 aliphatic carbocycles. The van der Waals surface area contributed by atoms with Gasteiger partial charge >= 0.3 is 0 Å². The van der Waals surface area contributed by atoms with Gasteiger partial charge in [0.25, 0.3) is 0 Å². The van der Waals surface area contributed by atoms with Gasteiger partial charge in [-0.05, 0) is 61.5 Å². The average Bonchev–Trinajstić information content (AvgIpc) is 2.37. The van der Waals surface area contributed by atoms with Crippen molar-refractivity contribution >= 4 is 23.0 Å². The van der Waals surface area contributed by atoms with E-state index in [2.05, 4.69) is 35.8 Å². The number of nitrogens with one attached hydrogen (secondary N) is 2. The summed E-state index contributed by atoms with van der Waals surface area (Å²) in [6.07, 6.45) is 6.08. The molecule has 2 rings (SSSR count). The van der Waals surface area contributed by atoms with Gasteiger partial charge in [-0.2, -0.15) is 0 Å². The highest BCUT2D eigenvalue weighted by atomic mass is 32.1. The number of hydrogen-bond acceptors (Lipinski definition) is 1. The van der Waals surface area contributed by atoms with Gasteiger partial charge in [0.15, 0.2) is 5.11 Å². The average molecular weight is 248 g/mol. The predicted molar refractivity (Wildman–Crippen MR) is 77.6 cm³/mol. The molecule has 0 unspecified atom stereocenters. The van der Waals surface area contributed by atoms with Gasteiger partial charge in [-0.1, -0.05) is 19.1 Å².